The Bertz CT molecular complexity index is 148. The number of hydrogen-bond acceptors (Lipinski definition) is 2. The number of allylic oxidation sites excluding steroid dienone is 2. The van der Waals surface area contributed by atoms with Gasteiger partial charge in [0.25, 0.3) is 0 Å². The second kappa shape index (κ2) is 5.83. The van der Waals surface area contributed by atoms with Crippen LogP contribution in [0.25, 0.3) is 0 Å². The molecule has 0 aromatic heterocycles. The predicted molar refractivity (Wildman–Crippen MR) is 50.0 cm³/mol. The van der Waals surface area contributed by atoms with Gasteiger partial charge in [-0.2, -0.15) is 0 Å². The molecule has 0 aromatic carbocycles. The van der Waals surface area contributed by atoms with Crippen molar-refractivity contribution < 1.29 is 0 Å². The lowest BCUT2D eigenvalue weighted by Gasteiger charge is -2.08. The SMILES string of the molecule is C=C(C)N/C(=C/NC)CCC. The van der Waals surface area contributed by atoms with Crippen LogP contribution in [-0.2, 0) is 0 Å². The fourth-order valence-corrected chi connectivity index (χ4v) is 0.888. The molecule has 0 heterocycles. The lowest BCUT2D eigenvalue weighted by Crippen LogP contribution is -2.12. The molecule has 0 saturated carbocycles. The van der Waals surface area contributed by atoms with Crippen LogP contribution in [0, 0.1) is 0 Å². The van der Waals surface area contributed by atoms with Gasteiger partial charge in [0.2, 0.25) is 0 Å². The molecule has 0 amide bonds. The molecule has 2 nitrogen and oxygen atoms in total. The third-order valence-electron chi connectivity index (χ3n) is 1.21. The Labute approximate surface area is 69.4 Å². The van der Waals surface area contributed by atoms with E-state index in [1.807, 2.05) is 20.2 Å². The van der Waals surface area contributed by atoms with E-state index in [2.05, 4.69) is 24.1 Å². The van der Waals surface area contributed by atoms with Crippen molar-refractivity contribution in [1.29, 1.82) is 0 Å². The molecule has 0 saturated heterocycles. The minimum absolute atomic E-state index is 0.986. The smallest absolute Gasteiger partial charge is 0.0307 e. The van der Waals surface area contributed by atoms with Gasteiger partial charge in [-0.25, -0.2) is 0 Å². The van der Waals surface area contributed by atoms with Crippen LogP contribution in [0.4, 0.5) is 0 Å². The molecule has 2 N–H and O–H groups in total. The molecule has 0 fully saturated rings. The van der Waals surface area contributed by atoms with Gasteiger partial charge in [-0.3, -0.25) is 0 Å². The van der Waals surface area contributed by atoms with Crippen molar-refractivity contribution in [3.8, 4) is 0 Å². The van der Waals surface area contributed by atoms with E-state index >= 15 is 0 Å². The lowest BCUT2D eigenvalue weighted by molar-refractivity contribution is 0.799. The number of nitrogens with one attached hydrogen (secondary N) is 2. The molecule has 0 bridgehead atoms. The van der Waals surface area contributed by atoms with E-state index in [-0.39, 0.29) is 0 Å². The lowest BCUT2D eigenvalue weighted by atomic mass is 10.2. The highest BCUT2D eigenvalue weighted by Crippen LogP contribution is 2.00. The Morgan fingerprint density at radius 2 is 2.18 bits per heavy atom. The van der Waals surface area contributed by atoms with Crippen LogP contribution in [0.3, 0.4) is 0 Å². The van der Waals surface area contributed by atoms with Crippen LogP contribution in [0.1, 0.15) is 26.7 Å². The minimum Gasteiger partial charge on any atom is -0.393 e. The van der Waals surface area contributed by atoms with Gasteiger partial charge < -0.3 is 10.6 Å². The Balaban J connectivity index is 3.89. The number of hydrogen-bond donors (Lipinski definition) is 2. The molecule has 0 aliphatic carbocycles. The summed E-state index contributed by atoms with van der Waals surface area (Å²) in [5.74, 6) is 0. The van der Waals surface area contributed by atoms with Crippen molar-refractivity contribution >= 4 is 0 Å². The van der Waals surface area contributed by atoms with Crippen LogP contribution >= 0.6 is 0 Å². The van der Waals surface area contributed by atoms with Crippen LogP contribution in [0.5, 0.6) is 0 Å². The fraction of sp³-hybridized carbons (Fsp3) is 0.556. The summed E-state index contributed by atoms with van der Waals surface area (Å²) in [5.41, 5.74) is 2.18. The molecule has 0 radical (unpaired) electrons. The van der Waals surface area contributed by atoms with E-state index in [0.717, 1.165) is 18.5 Å². The quantitative estimate of drug-likeness (QED) is 0.632. The van der Waals surface area contributed by atoms with Gasteiger partial charge in [0.15, 0.2) is 0 Å². The summed E-state index contributed by atoms with van der Waals surface area (Å²) in [6.07, 6.45) is 4.18. The van der Waals surface area contributed by atoms with Crippen molar-refractivity contribution in [3.05, 3.63) is 24.2 Å². The van der Waals surface area contributed by atoms with Crippen molar-refractivity contribution in [2.24, 2.45) is 0 Å². The van der Waals surface area contributed by atoms with E-state index < -0.39 is 0 Å². The van der Waals surface area contributed by atoms with Gasteiger partial charge in [-0.1, -0.05) is 19.9 Å². The van der Waals surface area contributed by atoms with Gasteiger partial charge in [-0.15, -0.1) is 0 Å². The molecule has 0 spiro atoms. The molecule has 64 valence electrons. The molecular formula is C9H18N2. The summed E-state index contributed by atoms with van der Waals surface area (Å²) < 4.78 is 0. The molecular weight excluding hydrogens is 136 g/mol. The maximum atomic E-state index is 3.78. The summed E-state index contributed by atoms with van der Waals surface area (Å²) in [6, 6.07) is 0. The first-order chi connectivity index (χ1) is 5.20. The van der Waals surface area contributed by atoms with E-state index in [1.165, 1.54) is 5.70 Å². The molecule has 0 rings (SSSR count). The zero-order valence-electron chi connectivity index (χ0n) is 7.70. The van der Waals surface area contributed by atoms with E-state index in [9.17, 15) is 0 Å². The Morgan fingerprint density at radius 3 is 2.55 bits per heavy atom. The third-order valence-corrected chi connectivity index (χ3v) is 1.21. The monoisotopic (exact) mass is 154 g/mol. The summed E-state index contributed by atoms with van der Waals surface area (Å²) >= 11 is 0. The van der Waals surface area contributed by atoms with Gasteiger partial charge in [0.1, 0.15) is 0 Å². The molecule has 0 aromatic rings. The molecule has 0 aliphatic rings. The van der Waals surface area contributed by atoms with E-state index in [4.69, 9.17) is 0 Å². The second-order valence-corrected chi connectivity index (χ2v) is 2.61. The van der Waals surface area contributed by atoms with Crippen LogP contribution in [-0.4, -0.2) is 7.05 Å². The largest absolute Gasteiger partial charge is 0.393 e. The Hall–Kier alpha value is -0.920. The van der Waals surface area contributed by atoms with Gasteiger partial charge in [0, 0.05) is 24.6 Å². The number of rotatable bonds is 5. The van der Waals surface area contributed by atoms with Gasteiger partial charge >= 0.3 is 0 Å². The first-order valence-electron chi connectivity index (χ1n) is 3.99. The van der Waals surface area contributed by atoms with Crippen LogP contribution in [0.2, 0.25) is 0 Å². The summed E-state index contributed by atoms with van der Waals surface area (Å²) in [7, 11) is 1.90. The van der Waals surface area contributed by atoms with Crippen molar-refractivity contribution in [3.63, 3.8) is 0 Å². The molecule has 11 heavy (non-hydrogen) atoms. The van der Waals surface area contributed by atoms with Crippen LogP contribution in [0.15, 0.2) is 24.2 Å². The fourth-order valence-electron chi connectivity index (χ4n) is 0.888. The van der Waals surface area contributed by atoms with E-state index in [1.54, 1.807) is 0 Å². The molecule has 0 unspecified atom stereocenters. The average molecular weight is 154 g/mol. The second-order valence-electron chi connectivity index (χ2n) is 2.61. The maximum Gasteiger partial charge on any atom is 0.0307 e. The van der Waals surface area contributed by atoms with Crippen molar-refractivity contribution in [2.45, 2.75) is 26.7 Å². The van der Waals surface area contributed by atoms with Gasteiger partial charge in [0.05, 0.1) is 0 Å². The zero-order chi connectivity index (χ0) is 8.69. The summed E-state index contributed by atoms with van der Waals surface area (Å²) in [4.78, 5) is 0. The van der Waals surface area contributed by atoms with Gasteiger partial charge in [-0.05, 0) is 13.3 Å². The third kappa shape index (κ3) is 5.52. The highest BCUT2D eigenvalue weighted by atomic mass is 14.9. The van der Waals surface area contributed by atoms with Crippen LogP contribution < -0.4 is 10.6 Å². The predicted octanol–water partition coefficient (Wildman–Crippen LogP) is 1.97. The Morgan fingerprint density at radius 1 is 1.55 bits per heavy atom. The molecule has 0 aliphatic heterocycles. The zero-order valence-corrected chi connectivity index (χ0v) is 7.70. The molecule has 2 heteroatoms. The van der Waals surface area contributed by atoms with Crippen molar-refractivity contribution in [1.82, 2.24) is 10.6 Å². The highest BCUT2D eigenvalue weighted by Gasteiger charge is 1.92. The van der Waals surface area contributed by atoms with Crippen molar-refractivity contribution in [2.75, 3.05) is 7.05 Å². The molecule has 0 atom stereocenters. The minimum atomic E-state index is 0.986. The first-order valence-corrected chi connectivity index (χ1v) is 3.99. The Kier molecular flexibility index (Phi) is 5.35. The maximum absolute atomic E-state index is 3.78. The topological polar surface area (TPSA) is 24.1 Å². The first kappa shape index (κ1) is 10.1. The highest BCUT2D eigenvalue weighted by molar-refractivity contribution is 5.05. The standard InChI is InChI=1S/C9H18N2/c1-5-6-9(7-10-4)11-8(2)3/h7,10-11H,2,5-6H2,1,3-4H3/b9-7+. The average Bonchev–Trinajstić information content (AvgIpc) is 1.87. The normalized spacial score (nSPS) is 11.0. The summed E-state index contributed by atoms with van der Waals surface area (Å²) in [5, 5.41) is 6.18. The summed E-state index contributed by atoms with van der Waals surface area (Å²) in [6.45, 7) is 7.89. The van der Waals surface area contributed by atoms with E-state index in [0.29, 0.717) is 0 Å².